The van der Waals surface area contributed by atoms with Gasteiger partial charge in [-0.2, -0.15) is 0 Å². The zero-order valence-corrected chi connectivity index (χ0v) is 19.9. The molecule has 1 aromatic carbocycles. The molecule has 0 spiro atoms. The second-order valence-electron chi connectivity index (χ2n) is 8.27. The van der Waals surface area contributed by atoms with E-state index in [2.05, 4.69) is 6.08 Å². The molecular formula is C24H29N3O5S. The Morgan fingerprint density at radius 1 is 1.09 bits per heavy atom. The normalized spacial score (nSPS) is 16.2. The molecule has 33 heavy (non-hydrogen) atoms. The predicted molar refractivity (Wildman–Crippen MR) is 127 cm³/mol. The topological polar surface area (TPSA) is 90.7 Å². The van der Waals surface area contributed by atoms with E-state index in [-0.39, 0.29) is 23.1 Å². The molecule has 176 valence electrons. The van der Waals surface area contributed by atoms with Crippen LogP contribution >= 0.6 is 11.8 Å². The fourth-order valence-corrected chi connectivity index (χ4v) is 5.24. The summed E-state index contributed by atoms with van der Waals surface area (Å²) in [6.45, 7) is 0.947. The largest absolute Gasteiger partial charge is 0.493 e. The van der Waals surface area contributed by atoms with Crippen LogP contribution in [-0.4, -0.2) is 52.8 Å². The van der Waals surface area contributed by atoms with Crippen molar-refractivity contribution in [3.63, 3.8) is 0 Å². The van der Waals surface area contributed by atoms with Crippen LogP contribution in [0.4, 0.5) is 0 Å². The molecule has 2 heterocycles. The van der Waals surface area contributed by atoms with E-state index >= 15 is 0 Å². The molecule has 1 saturated heterocycles. The molecule has 9 heteroatoms. The Bertz CT molecular complexity index is 1160. The lowest BCUT2D eigenvalue weighted by molar-refractivity contribution is -0.140. The number of ether oxygens (including phenoxy) is 2. The van der Waals surface area contributed by atoms with Crippen LogP contribution in [-0.2, 0) is 16.1 Å². The van der Waals surface area contributed by atoms with Gasteiger partial charge in [0.15, 0.2) is 16.7 Å². The zero-order chi connectivity index (χ0) is 23.4. The van der Waals surface area contributed by atoms with E-state index in [0.29, 0.717) is 53.5 Å². The molecule has 4 rings (SSSR count). The van der Waals surface area contributed by atoms with Gasteiger partial charge >= 0.3 is 0 Å². The number of hydrogen-bond acceptors (Lipinski definition) is 7. The predicted octanol–water partition coefficient (Wildman–Crippen LogP) is 3.55. The van der Waals surface area contributed by atoms with Crippen molar-refractivity contribution in [1.82, 2.24) is 14.5 Å². The number of hydrogen-bond donors (Lipinski definition) is 0. The van der Waals surface area contributed by atoms with Gasteiger partial charge in [-0.15, -0.1) is 0 Å². The summed E-state index contributed by atoms with van der Waals surface area (Å²) in [5.74, 6) is 0.626. The first-order valence-electron chi connectivity index (χ1n) is 11.3. The van der Waals surface area contributed by atoms with Crippen molar-refractivity contribution in [2.24, 2.45) is 0 Å². The number of carbonyl (C=O) groups excluding carboxylic acids is 2. The molecule has 1 aliphatic carbocycles. The highest BCUT2D eigenvalue weighted by molar-refractivity contribution is 7.99. The number of benzene rings is 1. The standard InChI is InChI=1S/C24H29N3O5S/c1-31-19-13-17-18(14-20(19)32-2)25-24(33-15-22(29)26-11-6-9-21(26)28)27(23(17)30)12-10-16-7-4-3-5-8-16/h7,13-14H,3-6,8-12,15H2,1-2H3. The third-order valence-corrected chi connectivity index (χ3v) is 7.13. The highest BCUT2D eigenvalue weighted by atomic mass is 32.2. The van der Waals surface area contributed by atoms with E-state index in [1.807, 2.05) is 0 Å². The molecule has 1 aliphatic heterocycles. The van der Waals surface area contributed by atoms with Crippen molar-refractivity contribution >= 4 is 34.5 Å². The van der Waals surface area contributed by atoms with Crippen LogP contribution in [0.3, 0.4) is 0 Å². The first-order valence-corrected chi connectivity index (χ1v) is 12.3. The van der Waals surface area contributed by atoms with Gasteiger partial charge in [0.2, 0.25) is 11.8 Å². The number of nitrogens with zero attached hydrogens (tertiary/aromatic N) is 3. The van der Waals surface area contributed by atoms with Crippen molar-refractivity contribution in [3.05, 3.63) is 34.1 Å². The summed E-state index contributed by atoms with van der Waals surface area (Å²) in [5.41, 5.74) is 1.66. The van der Waals surface area contributed by atoms with Gasteiger partial charge in [0.25, 0.3) is 5.56 Å². The van der Waals surface area contributed by atoms with Crippen LogP contribution in [0.2, 0.25) is 0 Å². The van der Waals surface area contributed by atoms with E-state index in [9.17, 15) is 14.4 Å². The number of methoxy groups -OCH3 is 2. The molecule has 0 unspecified atom stereocenters. The average molecular weight is 472 g/mol. The zero-order valence-electron chi connectivity index (χ0n) is 19.1. The molecule has 0 radical (unpaired) electrons. The van der Waals surface area contributed by atoms with Crippen LogP contribution in [0.5, 0.6) is 11.5 Å². The van der Waals surface area contributed by atoms with Gasteiger partial charge in [-0.1, -0.05) is 23.4 Å². The molecule has 0 saturated carbocycles. The van der Waals surface area contributed by atoms with Crippen LogP contribution in [0, 0.1) is 0 Å². The fourth-order valence-electron chi connectivity index (χ4n) is 4.34. The van der Waals surface area contributed by atoms with Gasteiger partial charge in [-0.3, -0.25) is 23.9 Å². The third-order valence-electron chi connectivity index (χ3n) is 6.17. The first-order chi connectivity index (χ1) is 16.0. The highest BCUT2D eigenvalue weighted by Gasteiger charge is 2.27. The Hall–Kier alpha value is -2.81. The molecule has 1 aromatic heterocycles. The van der Waals surface area contributed by atoms with Crippen LogP contribution in [0.25, 0.3) is 10.9 Å². The Balaban J connectivity index is 1.67. The average Bonchev–Trinajstić information content (AvgIpc) is 3.27. The first kappa shape index (κ1) is 23.4. The van der Waals surface area contributed by atoms with E-state index in [0.717, 1.165) is 19.3 Å². The van der Waals surface area contributed by atoms with E-state index in [1.165, 1.54) is 49.3 Å². The molecule has 0 bridgehead atoms. The molecule has 8 nitrogen and oxygen atoms in total. The third kappa shape index (κ3) is 5.08. The minimum absolute atomic E-state index is 0.0552. The smallest absolute Gasteiger partial charge is 0.262 e. The van der Waals surface area contributed by atoms with Crippen molar-refractivity contribution in [1.29, 1.82) is 0 Å². The van der Waals surface area contributed by atoms with Crippen LogP contribution in [0.1, 0.15) is 44.9 Å². The minimum Gasteiger partial charge on any atom is -0.493 e. The molecule has 2 aliphatic rings. The van der Waals surface area contributed by atoms with E-state index in [1.54, 1.807) is 16.7 Å². The molecule has 0 atom stereocenters. The Morgan fingerprint density at radius 3 is 2.55 bits per heavy atom. The molecular weight excluding hydrogens is 442 g/mol. The van der Waals surface area contributed by atoms with Crippen molar-refractivity contribution in [2.45, 2.75) is 56.6 Å². The van der Waals surface area contributed by atoms with Gasteiger partial charge in [0, 0.05) is 25.6 Å². The lowest BCUT2D eigenvalue weighted by atomic mass is 9.97. The molecule has 2 amide bonds. The Kier molecular flexibility index (Phi) is 7.37. The van der Waals surface area contributed by atoms with Crippen LogP contribution in [0.15, 0.2) is 33.7 Å². The lowest BCUT2D eigenvalue weighted by Gasteiger charge is -2.18. The van der Waals surface area contributed by atoms with E-state index < -0.39 is 0 Å². The summed E-state index contributed by atoms with van der Waals surface area (Å²) in [7, 11) is 3.06. The fraction of sp³-hybridized carbons (Fsp3) is 0.500. The second kappa shape index (κ2) is 10.4. The van der Waals surface area contributed by atoms with Crippen molar-refractivity contribution in [3.8, 4) is 11.5 Å². The van der Waals surface area contributed by atoms with Gasteiger partial charge in [-0.05, 0) is 44.6 Å². The van der Waals surface area contributed by atoms with Gasteiger partial charge < -0.3 is 9.47 Å². The quantitative estimate of drug-likeness (QED) is 0.330. The number of likely N-dealkylation sites (tertiary alicyclic amines) is 1. The highest BCUT2D eigenvalue weighted by Crippen LogP contribution is 2.31. The second-order valence-corrected chi connectivity index (χ2v) is 9.21. The minimum atomic E-state index is -0.245. The van der Waals surface area contributed by atoms with Crippen molar-refractivity contribution < 1.29 is 19.1 Å². The van der Waals surface area contributed by atoms with Gasteiger partial charge in [0.05, 0.1) is 30.9 Å². The number of allylic oxidation sites excluding steroid dienone is 2. The number of imide groups is 1. The number of carbonyl (C=O) groups is 2. The number of fused-ring (bicyclic) bond motifs is 1. The van der Waals surface area contributed by atoms with Gasteiger partial charge in [0.1, 0.15) is 0 Å². The summed E-state index contributed by atoms with van der Waals surface area (Å²) >= 11 is 1.20. The number of thioether (sulfide) groups is 1. The van der Waals surface area contributed by atoms with E-state index in [4.69, 9.17) is 14.5 Å². The maximum Gasteiger partial charge on any atom is 0.262 e. The molecule has 2 aromatic rings. The maximum atomic E-state index is 13.5. The molecule has 0 N–H and O–H groups in total. The monoisotopic (exact) mass is 471 g/mol. The number of rotatable bonds is 8. The SMILES string of the molecule is COc1cc2nc(SCC(=O)N3CCCC3=O)n(CCC3=CCCCC3)c(=O)c2cc1OC. The lowest BCUT2D eigenvalue weighted by Crippen LogP contribution is -2.33. The summed E-state index contributed by atoms with van der Waals surface area (Å²) < 4.78 is 12.4. The maximum absolute atomic E-state index is 13.5. The Morgan fingerprint density at radius 2 is 1.88 bits per heavy atom. The summed E-state index contributed by atoms with van der Waals surface area (Å²) in [6, 6.07) is 3.34. The Labute approximate surface area is 196 Å². The summed E-state index contributed by atoms with van der Waals surface area (Å²) in [6.07, 6.45) is 8.67. The number of amides is 2. The summed E-state index contributed by atoms with van der Waals surface area (Å²) in [5, 5.41) is 0.909. The number of aromatic nitrogens is 2. The van der Waals surface area contributed by atoms with Gasteiger partial charge in [-0.25, -0.2) is 4.98 Å². The van der Waals surface area contributed by atoms with Crippen molar-refractivity contribution in [2.75, 3.05) is 26.5 Å². The molecule has 1 fully saturated rings. The summed E-state index contributed by atoms with van der Waals surface area (Å²) in [4.78, 5) is 44.0. The van der Waals surface area contributed by atoms with Crippen LogP contribution < -0.4 is 15.0 Å².